The van der Waals surface area contributed by atoms with Crippen LogP contribution in [0.1, 0.15) is 34.2 Å². The summed E-state index contributed by atoms with van der Waals surface area (Å²) in [6.45, 7) is 5.28. The predicted octanol–water partition coefficient (Wildman–Crippen LogP) is 5.63. The van der Waals surface area contributed by atoms with Gasteiger partial charge in [-0.15, -0.1) is 0 Å². The summed E-state index contributed by atoms with van der Waals surface area (Å²) in [4.78, 5) is 35.5. The van der Waals surface area contributed by atoms with Crippen LogP contribution in [0.5, 0.6) is 0 Å². The average molecular weight is 480 g/mol. The molecule has 3 aromatic rings. The molecule has 34 heavy (non-hydrogen) atoms. The van der Waals surface area contributed by atoms with Gasteiger partial charge in [0, 0.05) is 6.07 Å². The molecule has 0 atom stereocenters. The number of nitro groups is 1. The first-order chi connectivity index (χ1) is 16.1. The standard InChI is InChI=1S/C24H18ClN3O6/c1-12-8-19(21(28(32)33)9-13(12)2)22-7-5-16(34-22)11-17-14(3)26-27(23(17)29)15-4-6-20(25)18(10-15)24(30)31/h4-11H,1-3H3,(H,30,31). The van der Waals surface area contributed by atoms with Crippen LogP contribution in [-0.2, 0) is 4.79 Å². The quantitative estimate of drug-likeness (QED) is 0.287. The number of hydrazone groups is 1. The molecular weight excluding hydrogens is 462 g/mol. The van der Waals surface area contributed by atoms with E-state index in [9.17, 15) is 24.8 Å². The number of carbonyl (C=O) groups excluding carboxylic acids is 1. The summed E-state index contributed by atoms with van der Waals surface area (Å²) < 4.78 is 5.82. The summed E-state index contributed by atoms with van der Waals surface area (Å²) >= 11 is 5.91. The van der Waals surface area contributed by atoms with E-state index in [2.05, 4.69) is 5.10 Å². The lowest BCUT2D eigenvalue weighted by Gasteiger charge is -2.12. The largest absolute Gasteiger partial charge is 0.478 e. The van der Waals surface area contributed by atoms with E-state index in [-0.39, 0.29) is 27.5 Å². The first kappa shape index (κ1) is 22.9. The zero-order valence-electron chi connectivity index (χ0n) is 18.3. The Kier molecular flexibility index (Phi) is 5.80. The summed E-state index contributed by atoms with van der Waals surface area (Å²) in [6, 6.07) is 10.6. The Morgan fingerprint density at radius 1 is 1.15 bits per heavy atom. The number of nitrogens with zero attached hydrogens (tertiary/aromatic N) is 3. The van der Waals surface area contributed by atoms with Crippen molar-refractivity contribution in [2.45, 2.75) is 20.8 Å². The first-order valence-corrected chi connectivity index (χ1v) is 10.4. The number of amides is 1. The van der Waals surface area contributed by atoms with Crippen molar-refractivity contribution < 1.29 is 24.0 Å². The van der Waals surface area contributed by atoms with E-state index < -0.39 is 16.8 Å². The van der Waals surface area contributed by atoms with Gasteiger partial charge in [-0.25, -0.2) is 4.79 Å². The van der Waals surface area contributed by atoms with E-state index in [1.165, 1.54) is 30.3 Å². The molecular formula is C24H18ClN3O6. The number of carboxylic acids is 1. The summed E-state index contributed by atoms with van der Waals surface area (Å²) in [5.74, 6) is -1.10. The lowest BCUT2D eigenvalue weighted by atomic mass is 10.0. The molecule has 0 bridgehead atoms. The van der Waals surface area contributed by atoms with Crippen molar-refractivity contribution in [1.29, 1.82) is 0 Å². The monoisotopic (exact) mass is 479 g/mol. The maximum atomic E-state index is 13.0. The zero-order valence-corrected chi connectivity index (χ0v) is 19.1. The molecule has 1 aliphatic heterocycles. The van der Waals surface area contributed by atoms with Gasteiger partial charge in [-0.3, -0.25) is 14.9 Å². The third-order valence-electron chi connectivity index (χ3n) is 5.48. The number of carbonyl (C=O) groups is 2. The van der Waals surface area contributed by atoms with E-state index >= 15 is 0 Å². The number of carboxylic acid groups (broad SMARTS) is 1. The Labute approximate surface area is 198 Å². The van der Waals surface area contributed by atoms with Gasteiger partial charge in [0.1, 0.15) is 11.5 Å². The van der Waals surface area contributed by atoms with Crippen LogP contribution >= 0.6 is 11.6 Å². The van der Waals surface area contributed by atoms with Gasteiger partial charge in [-0.1, -0.05) is 11.6 Å². The number of nitro benzene ring substituents is 1. The van der Waals surface area contributed by atoms with E-state index in [1.807, 2.05) is 6.92 Å². The summed E-state index contributed by atoms with van der Waals surface area (Å²) in [7, 11) is 0. The highest BCUT2D eigenvalue weighted by atomic mass is 35.5. The van der Waals surface area contributed by atoms with Gasteiger partial charge in [-0.2, -0.15) is 10.1 Å². The van der Waals surface area contributed by atoms with Crippen molar-refractivity contribution in [2.24, 2.45) is 5.10 Å². The Bertz CT molecular complexity index is 1440. The van der Waals surface area contributed by atoms with E-state index in [0.717, 1.165) is 16.1 Å². The molecule has 4 rings (SSSR count). The second-order valence-corrected chi connectivity index (χ2v) is 8.15. The van der Waals surface area contributed by atoms with Crippen molar-refractivity contribution in [3.05, 3.63) is 85.6 Å². The van der Waals surface area contributed by atoms with Crippen LogP contribution in [0.2, 0.25) is 5.02 Å². The van der Waals surface area contributed by atoms with Crippen LogP contribution in [0.25, 0.3) is 17.4 Å². The topological polar surface area (TPSA) is 126 Å². The third kappa shape index (κ3) is 4.08. The fourth-order valence-electron chi connectivity index (χ4n) is 3.53. The highest BCUT2D eigenvalue weighted by Crippen LogP contribution is 2.35. The van der Waals surface area contributed by atoms with Crippen molar-refractivity contribution in [1.82, 2.24) is 0 Å². The second kappa shape index (κ2) is 8.60. The molecule has 0 saturated heterocycles. The van der Waals surface area contributed by atoms with E-state index in [1.54, 1.807) is 32.0 Å². The maximum Gasteiger partial charge on any atom is 0.337 e. The van der Waals surface area contributed by atoms with Crippen LogP contribution < -0.4 is 5.01 Å². The molecule has 1 aromatic heterocycles. The Balaban J connectivity index is 1.68. The molecule has 1 amide bonds. The van der Waals surface area contributed by atoms with Gasteiger partial charge in [0.05, 0.1) is 38.0 Å². The minimum absolute atomic E-state index is 0.0444. The Hall–Kier alpha value is -4.24. The number of benzene rings is 2. The van der Waals surface area contributed by atoms with Gasteiger partial charge >= 0.3 is 5.97 Å². The maximum absolute atomic E-state index is 13.0. The molecule has 1 aliphatic rings. The minimum atomic E-state index is -1.22. The number of anilines is 1. The van der Waals surface area contributed by atoms with Gasteiger partial charge < -0.3 is 9.52 Å². The van der Waals surface area contributed by atoms with Gasteiger partial charge in [0.2, 0.25) is 0 Å². The molecule has 0 unspecified atom stereocenters. The molecule has 0 fully saturated rings. The molecule has 0 radical (unpaired) electrons. The number of aryl methyl sites for hydroxylation is 2. The van der Waals surface area contributed by atoms with Crippen molar-refractivity contribution in [3.63, 3.8) is 0 Å². The number of halogens is 1. The number of hydrogen-bond acceptors (Lipinski definition) is 6. The third-order valence-corrected chi connectivity index (χ3v) is 5.80. The molecule has 0 spiro atoms. The zero-order chi connectivity index (χ0) is 24.7. The summed E-state index contributed by atoms with van der Waals surface area (Å²) in [6.07, 6.45) is 1.49. The molecule has 2 heterocycles. The highest BCUT2D eigenvalue weighted by Gasteiger charge is 2.30. The summed E-state index contributed by atoms with van der Waals surface area (Å²) in [5, 5.41) is 26.2. The Morgan fingerprint density at radius 3 is 2.53 bits per heavy atom. The highest BCUT2D eigenvalue weighted by molar-refractivity contribution is 6.34. The first-order valence-electron chi connectivity index (χ1n) is 10.1. The number of aromatic carboxylic acids is 1. The smallest absolute Gasteiger partial charge is 0.337 e. The molecule has 9 nitrogen and oxygen atoms in total. The van der Waals surface area contributed by atoms with Crippen LogP contribution in [-0.4, -0.2) is 27.6 Å². The lowest BCUT2D eigenvalue weighted by molar-refractivity contribution is -0.384. The molecule has 0 saturated carbocycles. The van der Waals surface area contributed by atoms with Gasteiger partial charge in [0.15, 0.2) is 0 Å². The van der Waals surface area contributed by atoms with Gasteiger partial charge in [0.25, 0.3) is 11.6 Å². The number of furan rings is 1. The molecule has 172 valence electrons. The van der Waals surface area contributed by atoms with Gasteiger partial charge in [-0.05, 0) is 74.4 Å². The predicted molar refractivity (Wildman–Crippen MR) is 127 cm³/mol. The molecule has 1 N–H and O–H groups in total. The molecule has 2 aromatic carbocycles. The molecule has 10 heteroatoms. The van der Waals surface area contributed by atoms with E-state index in [4.69, 9.17) is 16.0 Å². The van der Waals surface area contributed by atoms with Crippen LogP contribution in [0.15, 0.2) is 57.6 Å². The summed E-state index contributed by atoms with van der Waals surface area (Å²) in [5.41, 5.74) is 2.67. The van der Waals surface area contributed by atoms with Crippen LogP contribution in [0, 0.1) is 24.0 Å². The SMILES string of the molecule is CC1=NN(c2ccc(Cl)c(C(=O)O)c2)C(=O)C1=Cc1ccc(-c2cc(C)c(C)cc2[N+](=O)[O-])o1. The van der Waals surface area contributed by atoms with Crippen molar-refractivity contribution >= 4 is 46.6 Å². The average Bonchev–Trinajstić information content (AvgIpc) is 3.35. The number of rotatable bonds is 5. The normalized spacial score (nSPS) is 14.6. The fraction of sp³-hybridized carbons (Fsp3) is 0.125. The Morgan fingerprint density at radius 2 is 1.85 bits per heavy atom. The van der Waals surface area contributed by atoms with Crippen LogP contribution in [0.3, 0.4) is 0 Å². The molecule has 0 aliphatic carbocycles. The van der Waals surface area contributed by atoms with Crippen molar-refractivity contribution in [2.75, 3.05) is 5.01 Å². The second-order valence-electron chi connectivity index (χ2n) is 7.74. The number of hydrogen-bond donors (Lipinski definition) is 1. The van der Waals surface area contributed by atoms with E-state index in [0.29, 0.717) is 22.8 Å². The van der Waals surface area contributed by atoms with Crippen LogP contribution in [0.4, 0.5) is 11.4 Å². The van der Waals surface area contributed by atoms with Crippen molar-refractivity contribution in [3.8, 4) is 11.3 Å². The lowest BCUT2D eigenvalue weighted by Crippen LogP contribution is -2.21. The minimum Gasteiger partial charge on any atom is -0.478 e. The fourth-order valence-corrected chi connectivity index (χ4v) is 3.73.